The van der Waals surface area contributed by atoms with Crippen LogP contribution in [0.5, 0.6) is 0 Å². The molecule has 0 saturated heterocycles. The Kier molecular flexibility index (Phi) is 8.01. The van der Waals surface area contributed by atoms with Crippen LogP contribution in [0.15, 0.2) is 0 Å². The van der Waals surface area contributed by atoms with Crippen molar-refractivity contribution in [2.24, 2.45) is 5.92 Å². The zero-order valence-corrected chi connectivity index (χ0v) is 11.8. The SMILES string of the molecule is COCCCNC(=O)CNC(C)C1CCCCC1. The van der Waals surface area contributed by atoms with Gasteiger partial charge >= 0.3 is 0 Å². The maximum absolute atomic E-state index is 11.6. The van der Waals surface area contributed by atoms with E-state index in [0.717, 1.165) is 12.3 Å². The molecule has 1 saturated carbocycles. The molecule has 1 aliphatic rings. The van der Waals surface area contributed by atoms with E-state index in [1.165, 1.54) is 32.1 Å². The standard InChI is InChI=1S/C14H28N2O2/c1-12(13-7-4-3-5-8-13)16-11-14(17)15-9-6-10-18-2/h12-13,16H,3-11H2,1-2H3,(H,15,17). The molecule has 0 radical (unpaired) electrons. The third-order valence-corrected chi connectivity index (χ3v) is 3.79. The molecule has 4 nitrogen and oxygen atoms in total. The smallest absolute Gasteiger partial charge is 0.233 e. The Morgan fingerprint density at radius 1 is 1.33 bits per heavy atom. The van der Waals surface area contributed by atoms with Gasteiger partial charge in [0.15, 0.2) is 0 Å². The number of carbonyl (C=O) groups excluding carboxylic acids is 1. The Hall–Kier alpha value is -0.610. The van der Waals surface area contributed by atoms with Crippen molar-refractivity contribution in [1.29, 1.82) is 0 Å². The number of hydrogen-bond donors (Lipinski definition) is 2. The van der Waals surface area contributed by atoms with Crippen LogP contribution in [0.3, 0.4) is 0 Å². The molecular weight excluding hydrogens is 228 g/mol. The van der Waals surface area contributed by atoms with Crippen molar-refractivity contribution in [2.45, 2.75) is 51.5 Å². The largest absolute Gasteiger partial charge is 0.385 e. The summed E-state index contributed by atoms with van der Waals surface area (Å²) in [5.41, 5.74) is 0. The number of amides is 1. The molecule has 0 aromatic carbocycles. The van der Waals surface area contributed by atoms with Crippen molar-refractivity contribution in [3.05, 3.63) is 0 Å². The zero-order valence-electron chi connectivity index (χ0n) is 11.8. The van der Waals surface area contributed by atoms with Gasteiger partial charge in [0.2, 0.25) is 5.91 Å². The van der Waals surface area contributed by atoms with Gasteiger partial charge in [0, 0.05) is 26.3 Å². The van der Waals surface area contributed by atoms with Crippen molar-refractivity contribution in [3.63, 3.8) is 0 Å². The molecule has 0 aliphatic heterocycles. The summed E-state index contributed by atoms with van der Waals surface area (Å²) in [5.74, 6) is 0.841. The van der Waals surface area contributed by atoms with Gasteiger partial charge in [-0.3, -0.25) is 4.79 Å². The van der Waals surface area contributed by atoms with Gasteiger partial charge in [-0.2, -0.15) is 0 Å². The minimum absolute atomic E-state index is 0.0914. The van der Waals surface area contributed by atoms with E-state index in [4.69, 9.17) is 4.74 Å². The normalized spacial score (nSPS) is 18.6. The van der Waals surface area contributed by atoms with Crippen molar-refractivity contribution >= 4 is 5.91 Å². The fourth-order valence-corrected chi connectivity index (χ4v) is 2.56. The number of rotatable bonds is 8. The molecule has 1 rings (SSSR count). The average molecular weight is 256 g/mol. The summed E-state index contributed by atoms with van der Waals surface area (Å²) in [6.07, 6.45) is 7.57. The Bertz CT molecular complexity index is 228. The second-order valence-corrected chi connectivity index (χ2v) is 5.26. The van der Waals surface area contributed by atoms with Crippen molar-refractivity contribution < 1.29 is 9.53 Å². The van der Waals surface area contributed by atoms with Crippen LogP contribution in [-0.2, 0) is 9.53 Å². The van der Waals surface area contributed by atoms with Crippen molar-refractivity contribution in [3.8, 4) is 0 Å². The molecule has 0 aromatic rings. The molecule has 4 heteroatoms. The van der Waals surface area contributed by atoms with Crippen LogP contribution in [0, 0.1) is 5.92 Å². The van der Waals surface area contributed by atoms with E-state index in [-0.39, 0.29) is 5.91 Å². The summed E-state index contributed by atoms with van der Waals surface area (Å²) in [6, 6.07) is 0.454. The van der Waals surface area contributed by atoms with Crippen molar-refractivity contribution in [2.75, 3.05) is 26.8 Å². The van der Waals surface area contributed by atoms with Gasteiger partial charge < -0.3 is 15.4 Å². The van der Waals surface area contributed by atoms with E-state index in [9.17, 15) is 4.79 Å². The first-order valence-corrected chi connectivity index (χ1v) is 7.23. The number of methoxy groups -OCH3 is 1. The fraction of sp³-hybridized carbons (Fsp3) is 0.929. The molecule has 18 heavy (non-hydrogen) atoms. The van der Waals surface area contributed by atoms with E-state index < -0.39 is 0 Å². The topological polar surface area (TPSA) is 50.4 Å². The molecule has 1 fully saturated rings. The van der Waals surface area contributed by atoms with Gasteiger partial charge in [-0.25, -0.2) is 0 Å². The van der Waals surface area contributed by atoms with Crippen LogP contribution in [0.1, 0.15) is 45.4 Å². The Morgan fingerprint density at radius 3 is 2.72 bits per heavy atom. The first kappa shape index (κ1) is 15.4. The first-order chi connectivity index (χ1) is 8.74. The molecule has 1 atom stereocenters. The van der Waals surface area contributed by atoms with Gasteiger partial charge in [-0.1, -0.05) is 19.3 Å². The second-order valence-electron chi connectivity index (χ2n) is 5.26. The van der Waals surface area contributed by atoms with Gasteiger partial charge in [-0.05, 0) is 32.1 Å². The Labute approximate surface area is 111 Å². The molecule has 0 spiro atoms. The lowest BCUT2D eigenvalue weighted by atomic mass is 9.84. The molecule has 0 aromatic heterocycles. The second kappa shape index (κ2) is 9.34. The molecule has 106 valence electrons. The fourth-order valence-electron chi connectivity index (χ4n) is 2.56. The van der Waals surface area contributed by atoms with Gasteiger partial charge in [0.05, 0.1) is 6.54 Å². The summed E-state index contributed by atoms with van der Waals surface area (Å²) >= 11 is 0. The quantitative estimate of drug-likeness (QED) is 0.650. The molecule has 0 bridgehead atoms. The monoisotopic (exact) mass is 256 g/mol. The molecular formula is C14H28N2O2. The molecule has 0 heterocycles. The third kappa shape index (κ3) is 6.36. The van der Waals surface area contributed by atoms with Crippen LogP contribution >= 0.6 is 0 Å². The maximum atomic E-state index is 11.6. The van der Waals surface area contributed by atoms with Crippen LogP contribution in [0.4, 0.5) is 0 Å². The van der Waals surface area contributed by atoms with E-state index in [1.807, 2.05) is 0 Å². The van der Waals surface area contributed by atoms with E-state index in [2.05, 4.69) is 17.6 Å². The highest BCUT2D eigenvalue weighted by Crippen LogP contribution is 2.26. The first-order valence-electron chi connectivity index (χ1n) is 7.23. The highest BCUT2D eigenvalue weighted by Gasteiger charge is 2.19. The molecule has 1 unspecified atom stereocenters. The summed E-state index contributed by atoms with van der Waals surface area (Å²) in [7, 11) is 1.68. The summed E-state index contributed by atoms with van der Waals surface area (Å²) in [5, 5.41) is 6.24. The number of hydrogen-bond acceptors (Lipinski definition) is 3. The molecule has 1 amide bonds. The lowest BCUT2D eigenvalue weighted by molar-refractivity contribution is -0.120. The van der Waals surface area contributed by atoms with Crippen LogP contribution in [-0.4, -0.2) is 38.8 Å². The summed E-state index contributed by atoms with van der Waals surface area (Å²) < 4.78 is 4.93. The molecule has 2 N–H and O–H groups in total. The summed E-state index contributed by atoms with van der Waals surface area (Å²) in [4.78, 5) is 11.6. The maximum Gasteiger partial charge on any atom is 0.233 e. The Morgan fingerprint density at radius 2 is 2.06 bits per heavy atom. The number of nitrogens with one attached hydrogen (secondary N) is 2. The van der Waals surface area contributed by atoms with Crippen LogP contribution in [0.25, 0.3) is 0 Å². The predicted octanol–water partition coefficient (Wildman–Crippen LogP) is 1.70. The van der Waals surface area contributed by atoms with Crippen LogP contribution < -0.4 is 10.6 Å². The molecule has 1 aliphatic carbocycles. The van der Waals surface area contributed by atoms with Crippen LogP contribution in [0.2, 0.25) is 0 Å². The van der Waals surface area contributed by atoms with Gasteiger partial charge in [0.25, 0.3) is 0 Å². The summed E-state index contributed by atoms with van der Waals surface area (Å²) in [6.45, 7) is 4.04. The third-order valence-electron chi connectivity index (χ3n) is 3.79. The highest BCUT2D eigenvalue weighted by molar-refractivity contribution is 5.77. The number of ether oxygens (including phenoxy) is 1. The zero-order chi connectivity index (χ0) is 13.2. The minimum atomic E-state index is 0.0914. The predicted molar refractivity (Wildman–Crippen MR) is 73.5 cm³/mol. The lowest BCUT2D eigenvalue weighted by Gasteiger charge is -2.28. The van der Waals surface area contributed by atoms with Gasteiger partial charge in [0.1, 0.15) is 0 Å². The highest BCUT2D eigenvalue weighted by atomic mass is 16.5. The Balaban J connectivity index is 2.05. The van der Waals surface area contributed by atoms with Gasteiger partial charge in [-0.15, -0.1) is 0 Å². The van der Waals surface area contributed by atoms with E-state index >= 15 is 0 Å². The van der Waals surface area contributed by atoms with Crippen molar-refractivity contribution in [1.82, 2.24) is 10.6 Å². The van der Waals surface area contributed by atoms with E-state index in [0.29, 0.717) is 25.7 Å². The average Bonchev–Trinajstić information content (AvgIpc) is 2.42. The minimum Gasteiger partial charge on any atom is -0.385 e. The lowest BCUT2D eigenvalue weighted by Crippen LogP contribution is -2.42. The van der Waals surface area contributed by atoms with E-state index in [1.54, 1.807) is 7.11 Å². The number of carbonyl (C=O) groups is 1.